The van der Waals surface area contributed by atoms with Crippen LogP contribution in [0.4, 0.5) is 11.8 Å². The zero-order chi connectivity index (χ0) is 14.3. The lowest BCUT2D eigenvalue weighted by atomic mass is 10.1. The number of aromatic nitrogens is 2. The third-order valence-corrected chi connectivity index (χ3v) is 5.05. The Morgan fingerprint density at radius 1 is 1.20 bits per heavy atom. The van der Waals surface area contributed by atoms with E-state index in [1.165, 1.54) is 10.4 Å². The van der Waals surface area contributed by atoms with Crippen molar-refractivity contribution >= 4 is 33.3 Å². The van der Waals surface area contributed by atoms with Crippen LogP contribution in [0.15, 0.2) is 0 Å². The van der Waals surface area contributed by atoms with Gasteiger partial charge in [-0.3, -0.25) is 0 Å². The van der Waals surface area contributed by atoms with E-state index in [-0.39, 0.29) is 0 Å². The Morgan fingerprint density at radius 3 is 2.55 bits per heavy atom. The molecule has 3 rings (SSSR count). The molecule has 108 valence electrons. The van der Waals surface area contributed by atoms with Gasteiger partial charge in [-0.1, -0.05) is 6.92 Å². The molecule has 0 amide bonds. The van der Waals surface area contributed by atoms with Crippen LogP contribution in [0.25, 0.3) is 10.2 Å². The lowest BCUT2D eigenvalue weighted by Crippen LogP contribution is -2.45. The molecule has 1 aliphatic heterocycles. The van der Waals surface area contributed by atoms with E-state index >= 15 is 0 Å². The average molecular weight is 291 g/mol. The summed E-state index contributed by atoms with van der Waals surface area (Å²) >= 11 is 1.73. The molecule has 1 fully saturated rings. The average Bonchev–Trinajstić information content (AvgIpc) is 2.75. The first-order valence-electron chi connectivity index (χ1n) is 7.09. The van der Waals surface area contributed by atoms with Gasteiger partial charge in [0, 0.05) is 31.1 Å². The Balaban J connectivity index is 2.02. The highest BCUT2D eigenvalue weighted by Crippen LogP contribution is 2.34. The molecule has 2 aromatic rings. The Kier molecular flexibility index (Phi) is 3.52. The van der Waals surface area contributed by atoms with E-state index in [9.17, 15) is 0 Å². The first-order chi connectivity index (χ1) is 9.60. The predicted octanol–water partition coefficient (Wildman–Crippen LogP) is 1.90. The maximum Gasteiger partial charge on any atom is 0.228 e. The standard InChI is InChI=1S/C14H21N5S/c1-4-10-9(2)20-13-11(10)12(15)16-14(17-13)19-7-5-18(3)6-8-19/h4-8H2,1-3H3,(H2,15,16,17). The van der Waals surface area contributed by atoms with Crippen molar-refractivity contribution in [1.29, 1.82) is 0 Å². The summed E-state index contributed by atoms with van der Waals surface area (Å²) in [4.78, 5) is 16.2. The van der Waals surface area contributed by atoms with Crippen LogP contribution in [0.5, 0.6) is 0 Å². The van der Waals surface area contributed by atoms with Crippen molar-refractivity contribution in [3.05, 3.63) is 10.4 Å². The van der Waals surface area contributed by atoms with Crippen molar-refractivity contribution in [2.24, 2.45) is 0 Å². The molecule has 0 saturated carbocycles. The molecule has 2 N–H and O–H groups in total. The van der Waals surface area contributed by atoms with Gasteiger partial charge in [-0.05, 0) is 26.0 Å². The number of nitrogens with two attached hydrogens (primary N) is 1. The van der Waals surface area contributed by atoms with Crippen LogP contribution < -0.4 is 10.6 Å². The molecular formula is C14H21N5S. The molecule has 3 heterocycles. The normalized spacial score (nSPS) is 17.1. The molecule has 1 aliphatic rings. The van der Waals surface area contributed by atoms with Crippen LogP contribution in [-0.4, -0.2) is 48.1 Å². The summed E-state index contributed by atoms with van der Waals surface area (Å²) in [5, 5.41) is 1.06. The number of anilines is 2. The van der Waals surface area contributed by atoms with Gasteiger partial charge in [0.15, 0.2) is 0 Å². The van der Waals surface area contributed by atoms with E-state index < -0.39 is 0 Å². The second kappa shape index (κ2) is 5.18. The SMILES string of the molecule is CCc1c(C)sc2nc(N3CCN(C)CC3)nc(N)c12. The number of rotatable bonds is 2. The minimum atomic E-state index is 0.630. The highest BCUT2D eigenvalue weighted by atomic mass is 32.1. The highest BCUT2D eigenvalue weighted by Gasteiger charge is 2.20. The summed E-state index contributed by atoms with van der Waals surface area (Å²) in [6.45, 7) is 8.32. The van der Waals surface area contributed by atoms with Crippen LogP contribution in [0, 0.1) is 6.92 Å². The topological polar surface area (TPSA) is 58.3 Å². The van der Waals surface area contributed by atoms with Gasteiger partial charge >= 0.3 is 0 Å². The van der Waals surface area contributed by atoms with Gasteiger partial charge in [-0.2, -0.15) is 4.98 Å². The van der Waals surface area contributed by atoms with E-state index in [2.05, 4.69) is 35.7 Å². The lowest BCUT2D eigenvalue weighted by molar-refractivity contribution is 0.311. The highest BCUT2D eigenvalue weighted by molar-refractivity contribution is 7.18. The number of thiophene rings is 1. The van der Waals surface area contributed by atoms with Crippen molar-refractivity contribution in [2.75, 3.05) is 43.9 Å². The summed E-state index contributed by atoms with van der Waals surface area (Å²) in [5.41, 5.74) is 7.50. The molecule has 0 spiro atoms. The zero-order valence-electron chi connectivity index (χ0n) is 12.3. The molecule has 0 aliphatic carbocycles. The summed E-state index contributed by atoms with van der Waals surface area (Å²) in [6.07, 6.45) is 0.979. The number of nitrogen functional groups attached to an aromatic ring is 1. The molecule has 0 aromatic carbocycles. The number of aryl methyl sites for hydroxylation is 2. The first kappa shape index (κ1) is 13.6. The van der Waals surface area contributed by atoms with Crippen LogP contribution in [0.3, 0.4) is 0 Å². The van der Waals surface area contributed by atoms with Crippen LogP contribution >= 0.6 is 11.3 Å². The lowest BCUT2D eigenvalue weighted by Gasteiger charge is -2.32. The molecule has 20 heavy (non-hydrogen) atoms. The number of fused-ring (bicyclic) bond motifs is 1. The molecule has 0 radical (unpaired) electrons. The third kappa shape index (κ3) is 2.23. The van der Waals surface area contributed by atoms with Crippen LogP contribution in [0.2, 0.25) is 0 Å². The zero-order valence-corrected chi connectivity index (χ0v) is 13.1. The van der Waals surface area contributed by atoms with E-state index in [0.29, 0.717) is 5.82 Å². The van der Waals surface area contributed by atoms with Crippen LogP contribution in [0.1, 0.15) is 17.4 Å². The van der Waals surface area contributed by atoms with Crippen LogP contribution in [-0.2, 0) is 6.42 Å². The Bertz CT molecular complexity index is 628. The smallest absolute Gasteiger partial charge is 0.228 e. The van der Waals surface area contributed by atoms with Gasteiger partial charge in [0.1, 0.15) is 10.6 Å². The van der Waals surface area contributed by atoms with Gasteiger partial charge < -0.3 is 15.5 Å². The molecule has 2 aromatic heterocycles. The van der Waals surface area contributed by atoms with Crippen molar-refractivity contribution in [3.63, 3.8) is 0 Å². The van der Waals surface area contributed by atoms with Gasteiger partial charge in [0.05, 0.1) is 5.39 Å². The van der Waals surface area contributed by atoms with E-state index in [1.54, 1.807) is 11.3 Å². The van der Waals surface area contributed by atoms with E-state index in [1.807, 2.05) is 0 Å². The summed E-state index contributed by atoms with van der Waals surface area (Å²) in [6, 6.07) is 0. The minimum absolute atomic E-state index is 0.630. The number of nitrogens with zero attached hydrogens (tertiary/aromatic N) is 4. The fraction of sp³-hybridized carbons (Fsp3) is 0.571. The maximum atomic E-state index is 6.20. The van der Waals surface area contributed by atoms with Gasteiger partial charge in [-0.25, -0.2) is 4.98 Å². The molecule has 0 bridgehead atoms. The van der Waals surface area contributed by atoms with Crippen molar-refractivity contribution in [1.82, 2.24) is 14.9 Å². The number of piperazine rings is 1. The predicted molar refractivity (Wildman–Crippen MR) is 85.7 cm³/mol. The summed E-state index contributed by atoms with van der Waals surface area (Å²) in [7, 11) is 2.14. The van der Waals surface area contributed by atoms with Gasteiger partial charge in [0.25, 0.3) is 0 Å². The minimum Gasteiger partial charge on any atom is -0.383 e. The fourth-order valence-electron chi connectivity index (χ4n) is 2.76. The first-order valence-corrected chi connectivity index (χ1v) is 7.90. The molecule has 0 atom stereocenters. The fourth-order valence-corrected chi connectivity index (χ4v) is 3.88. The quantitative estimate of drug-likeness (QED) is 0.916. The molecule has 1 saturated heterocycles. The third-order valence-electron chi connectivity index (χ3n) is 4.01. The summed E-state index contributed by atoms with van der Waals surface area (Å²) < 4.78 is 0. The second-order valence-corrected chi connectivity index (χ2v) is 6.57. The van der Waals surface area contributed by atoms with Gasteiger partial charge in [0.2, 0.25) is 5.95 Å². The van der Waals surface area contributed by atoms with E-state index in [4.69, 9.17) is 10.7 Å². The number of hydrogen-bond donors (Lipinski definition) is 1. The van der Waals surface area contributed by atoms with Crippen molar-refractivity contribution in [2.45, 2.75) is 20.3 Å². The Hall–Kier alpha value is -1.40. The number of likely N-dealkylation sites (N-methyl/N-ethyl adjacent to an activating group) is 1. The second-order valence-electron chi connectivity index (χ2n) is 5.37. The largest absolute Gasteiger partial charge is 0.383 e. The molecule has 5 nitrogen and oxygen atoms in total. The van der Waals surface area contributed by atoms with Crippen molar-refractivity contribution in [3.8, 4) is 0 Å². The summed E-state index contributed by atoms with van der Waals surface area (Å²) in [5.74, 6) is 1.41. The molecule has 0 unspecified atom stereocenters. The van der Waals surface area contributed by atoms with E-state index in [0.717, 1.165) is 48.8 Å². The van der Waals surface area contributed by atoms with Gasteiger partial charge in [-0.15, -0.1) is 11.3 Å². The number of hydrogen-bond acceptors (Lipinski definition) is 6. The monoisotopic (exact) mass is 291 g/mol. The Labute approximate surface area is 123 Å². The van der Waals surface area contributed by atoms with Crippen molar-refractivity contribution < 1.29 is 0 Å². The maximum absolute atomic E-state index is 6.20. The molecular weight excluding hydrogens is 270 g/mol. The molecule has 6 heteroatoms. The Morgan fingerprint density at radius 2 is 1.90 bits per heavy atom.